The predicted octanol–water partition coefficient (Wildman–Crippen LogP) is 1.81. The van der Waals surface area contributed by atoms with E-state index in [1.54, 1.807) is 0 Å². The quantitative estimate of drug-likeness (QED) is 0.574. The van der Waals surface area contributed by atoms with Crippen molar-refractivity contribution < 1.29 is 23.9 Å². The molecular weight excluding hydrogens is 348 g/mol. The molecule has 0 unspecified atom stereocenters. The van der Waals surface area contributed by atoms with Crippen LogP contribution in [0.3, 0.4) is 0 Å². The van der Waals surface area contributed by atoms with Gasteiger partial charge in [-0.15, -0.1) is 0 Å². The molecule has 1 aliphatic carbocycles. The number of alkyl carbamates (subject to hydrolysis) is 1. The van der Waals surface area contributed by atoms with E-state index in [-0.39, 0.29) is 19.1 Å². The number of methoxy groups -OCH3 is 1. The molecule has 0 radical (unpaired) electrons. The summed E-state index contributed by atoms with van der Waals surface area (Å²) in [7, 11) is 1.20. The molecule has 2 N–H and O–H groups in total. The van der Waals surface area contributed by atoms with Crippen molar-refractivity contribution in [3.05, 3.63) is 59.7 Å². The number of carbonyl (C=O) groups excluding carboxylic acids is 3. The molecule has 1 aliphatic rings. The van der Waals surface area contributed by atoms with Crippen LogP contribution in [0.2, 0.25) is 0 Å². The summed E-state index contributed by atoms with van der Waals surface area (Å²) in [5, 5.41) is 4.76. The van der Waals surface area contributed by atoms with Crippen molar-refractivity contribution >= 4 is 18.5 Å². The van der Waals surface area contributed by atoms with Gasteiger partial charge in [-0.2, -0.15) is 0 Å². The van der Waals surface area contributed by atoms with E-state index in [4.69, 9.17) is 4.74 Å². The Kier molecular flexibility index (Phi) is 5.71. The molecule has 0 saturated heterocycles. The van der Waals surface area contributed by atoms with Gasteiger partial charge in [0.2, 0.25) is 6.41 Å². The van der Waals surface area contributed by atoms with Crippen LogP contribution in [0, 0.1) is 0 Å². The highest BCUT2D eigenvalue weighted by Gasteiger charge is 2.29. The fraction of sp³-hybridized carbons (Fsp3) is 0.250. The van der Waals surface area contributed by atoms with Gasteiger partial charge in [-0.3, -0.25) is 4.79 Å². The molecule has 0 aliphatic heterocycles. The normalized spacial score (nSPS) is 13.1. The van der Waals surface area contributed by atoms with Crippen LogP contribution in [0.4, 0.5) is 4.79 Å². The minimum atomic E-state index is -0.965. The largest absolute Gasteiger partial charge is 0.467 e. The van der Waals surface area contributed by atoms with E-state index in [2.05, 4.69) is 27.5 Å². The molecule has 140 valence electrons. The lowest BCUT2D eigenvalue weighted by molar-refractivity contribution is -0.143. The molecule has 0 heterocycles. The molecule has 2 amide bonds. The SMILES string of the molecule is COC(=O)[C@H](CNC(=O)OCC1c2ccccc2-c2ccccc21)NC=O. The minimum absolute atomic E-state index is 0.0485. The highest BCUT2D eigenvalue weighted by Crippen LogP contribution is 2.44. The van der Waals surface area contributed by atoms with E-state index in [1.165, 1.54) is 7.11 Å². The zero-order valence-electron chi connectivity index (χ0n) is 14.8. The van der Waals surface area contributed by atoms with Gasteiger partial charge < -0.3 is 20.1 Å². The second-order valence-electron chi connectivity index (χ2n) is 6.07. The summed E-state index contributed by atoms with van der Waals surface area (Å²) in [6.45, 7) is 0.0476. The Hall–Kier alpha value is -3.35. The van der Waals surface area contributed by atoms with Gasteiger partial charge in [-0.05, 0) is 22.3 Å². The van der Waals surface area contributed by atoms with Crippen LogP contribution in [-0.2, 0) is 19.1 Å². The van der Waals surface area contributed by atoms with E-state index >= 15 is 0 Å². The van der Waals surface area contributed by atoms with Crippen molar-refractivity contribution in [1.29, 1.82) is 0 Å². The fourth-order valence-electron chi connectivity index (χ4n) is 3.27. The average Bonchev–Trinajstić information content (AvgIpc) is 3.03. The highest BCUT2D eigenvalue weighted by molar-refractivity contribution is 5.80. The zero-order chi connectivity index (χ0) is 19.2. The first kappa shape index (κ1) is 18.4. The van der Waals surface area contributed by atoms with Crippen LogP contribution in [0.1, 0.15) is 17.0 Å². The number of fused-ring (bicyclic) bond motifs is 3. The molecule has 2 aromatic carbocycles. The number of amides is 2. The van der Waals surface area contributed by atoms with E-state index in [0.717, 1.165) is 22.3 Å². The maximum atomic E-state index is 12.0. The zero-order valence-corrected chi connectivity index (χ0v) is 14.8. The molecule has 7 nitrogen and oxygen atoms in total. The van der Waals surface area contributed by atoms with Gasteiger partial charge in [0.15, 0.2) is 0 Å². The molecule has 7 heteroatoms. The summed E-state index contributed by atoms with van der Waals surface area (Å²) in [6.07, 6.45) is -0.292. The highest BCUT2D eigenvalue weighted by atomic mass is 16.5. The number of nitrogens with one attached hydrogen (secondary N) is 2. The smallest absolute Gasteiger partial charge is 0.407 e. The van der Waals surface area contributed by atoms with Crippen LogP contribution in [-0.4, -0.2) is 44.8 Å². The first-order valence-electron chi connectivity index (χ1n) is 8.52. The monoisotopic (exact) mass is 368 g/mol. The van der Waals surface area contributed by atoms with Crippen molar-refractivity contribution in [3.63, 3.8) is 0 Å². The summed E-state index contributed by atoms with van der Waals surface area (Å²) < 4.78 is 9.93. The lowest BCUT2D eigenvalue weighted by Crippen LogP contribution is -2.46. The maximum absolute atomic E-state index is 12.0. The standard InChI is InChI=1S/C20H20N2O5/c1-26-19(24)18(22-12-23)10-21-20(25)27-11-17-15-8-4-2-6-13(15)14-7-3-5-9-16(14)17/h2-9,12,17-18H,10-11H2,1H3,(H,21,25)(H,22,23)/t18-/m0/s1. The van der Waals surface area contributed by atoms with Crippen molar-refractivity contribution in [2.24, 2.45) is 0 Å². The fourth-order valence-corrected chi connectivity index (χ4v) is 3.27. The topological polar surface area (TPSA) is 93.7 Å². The lowest BCUT2D eigenvalue weighted by atomic mass is 9.98. The molecular formula is C20H20N2O5. The Balaban J connectivity index is 1.62. The molecule has 0 spiro atoms. The number of hydrogen-bond acceptors (Lipinski definition) is 5. The van der Waals surface area contributed by atoms with Gasteiger partial charge in [0.05, 0.1) is 13.7 Å². The minimum Gasteiger partial charge on any atom is -0.467 e. The predicted molar refractivity (Wildman–Crippen MR) is 98.1 cm³/mol. The molecule has 3 rings (SSSR count). The summed E-state index contributed by atoms with van der Waals surface area (Å²) in [4.78, 5) is 34.1. The Bertz CT molecular complexity index is 806. The van der Waals surface area contributed by atoms with E-state index < -0.39 is 18.1 Å². The van der Waals surface area contributed by atoms with Gasteiger partial charge in [0, 0.05) is 5.92 Å². The number of ether oxygens (including phenoxy) is 2. The number of carbonyl (C=O) groups is 3. The third kappa shape index (κ3) is 3.92. The van der Waals surface area contributed by atoms with Gasteiger partial charge in [0.1, 0.15) is 12.6 Å². The lowest BCUT2D eigenvalue weighted by Gasteiger charge is -2.16. The molecule has 0 fully saturated rings. The third-order valence-corrected chi connectivity index (χ3v) is 4.55. The number of benzene rings is 2. The summed E-state index contributed by atoms with van der Waals surface area (Å²) >= 11 is 0. The van der Waals surface area contributed by atoms with Crippen molar-refractivity contribution in [3.8, 4) is 11.1 Å². The van der Waals surface area contributed by atoms with Gasteiger partial charge in [-0.25, -0.2) is 9.59 Å². The molecule has 0 aromatic heterocycles. The van der Waals surface area contributed by atoms with Crippen LogP contribution in [0.5, 0.6) is 0 Å². The van der Waals surface area contributed by atoms with Crippen LogP contribution < -0.4 is 10.6 Å². The summed E-state index contributed by atoms with van der Waals surface area (Å²) in [5.41, 5.74) is 4.51. The molecule has 1 atom stereocenters. The first-order chi connectivity index (χ1) is 13.2. The Labute approximate surface area is 156 Å². The number of rotatable bonds is 7. The summed E-state index contributed by atoms with van der Waals surface area (Å²) in [6, 6.07) is 15.1. The van der Waals surface area contributed by atoms with E-state index in [9.17, 15) is 14.4 Å². The Morgan fingerprint density at radius 3 is 2.22 bits per heavy atom. The van der Waals surface area contributed by atoms with Crippen LogP contribution in [0.15, 0.2) is 48.5 Å². The van der Waals surface area contributed by atoms with Crippen molar-refractivity contribution in [1.82, 2.24) is 10.6 Å². The van der Waals surface area contributed by atoms with Crippen LogP contribution >= 0.6 is 0 Å². The van der Waals surface area contributed by atoms with Gasteiger partial charge >= 0.3 is 12.1 Å². The third-order valence-electron chi connectivity index (χ3n) is 4.55. The maximum Gasteiger partial charge on any atom is 0.407 e. The van der Waals surface area contributed by atoms with Crippen molar-refractivity contribution in [2.75, 3.05) is 20.3 Å². The first-order valence-corrected chi connectivity index (χ1v) is 8.52. The Morgan fingerprint density at radius 2 is 1.67 bits per heavy atom. The van der Waals surface area contributed by atoms with E-state index in [1.807, 2.05) is 36.4 Å². The van der Waals surface area contributed by atoms with Crippen molar-refractivity contribution in [2.45, 2.75) is 12.0 Å². The van der Waals surface area contributed by atoms with Gasteiger partial charge in [-0.1, -0.05) is 48.5 Å². The summed E-state index contributed by atoms with van der Waals surface area (Å²) in [5.74, 6) is -0.700. The number of esters is 1. The van der Waals surface area contributed by atoms with E-state index in [0.29, 0.717) is 6.41 Å². The molecule has 0 saturated carbocycles. The van der Waals surface area contributed by atoms with Crippen LogP contribution in [0.25, 0.3) is 11.1 Å². The molecule has 0 bridgehead atoms. The average molecular weight is 368 g/mol. The second-order valence-corrected chi connectivity index (χ2v) is 6.07. The second kappa shape index (κ2) is 8.35. The molecule has 2 aromatic rings. The van der Waals surface area contributed by atoms with Gasteiger partial charge in [0.25, 0.3) is 0 Å². The molecule has 27 heavy (non-hydrogen) atoms. The number of hydrogen-bond donors (Lipinski definition) is 2. The Morgan fingerprint density at radius 1 is 1.07 bits per heavy atom.